The Hall–Kier alpha value is -1.12. The Bertz CT molecular complexity index is 502. The van der Waals surface area contributed by atoms with Crippen molar-refractivity contribution in [2.45, 2.75) is 19.0 Å². The minimum absolute atomic E-state index is 0.247. The van der Waals surface area contributed by atoms with Crippen LogP contribution in [0.1, 0.15) is 12.8 Å². The number of quaternary nitrogens is 1. The molecule has 0 radical (unpaired) electrons. The molecule has 0 bridgehead atoms. The number of hydrogen-bond donors (Lipinski definition) is 1. The molecule has 0 aliphatic heterocycles. The third-order valence-electron chi connectivity index (χ3n) is 2.75. The van der Waals surface area contributed by atoms with Gasteiger partial charge >= 0.3 is 12.3 Å². The van der Waals surface area contributed by atoms with Crippen molar-refractivity contribution in [1.82, 2.24) is 10.2 Å². The second-order valence-electron chi connectivity index (χ2n) is 6.50. The van der Waals surface area contributed by atoms with Crippen LogP contribution in [0.2, 0.25) is 0 Å². The van der Waals surface area contributed by atoms with Gasteiger partial charge in [-0.05, 0) is 14.1 Å². The Morgan fingerprint density at radius 2 is 1.50 bits per heavy atom. The Morgan fingerprint density at radius 1 is 1.11 bits per heavy atom. The Morgan fingerprint density at radius 3 is 1.79 bits per heavy atom. The lowest BCUT2D eigenvalue weighted by molar-refractivity contribution is -0.890. The van der Waals surface area contributed by atoms with Crippen LogP contribution in [0.3, 0.4) is 0 Å². The number of nitrogens with one attached hydrogen (secondary N) is 1. The fraction of sp³-hybridized carbons (Fsp3) is 0.929. The number of nitrogens with zero attached hydrogens (tertiary/aromatic N) is 2. The zero-order chi connectivity index (χ0) is 23.0. The molecular formula is C14H29F6N3O4S. The molecule has 0 rings (SSSR count). The number of hydrogen-bond acceptors (Lipinski definition) is 5. The van der Waals surface area contributed by atoms with E-state index in [1.807, 2.05) is 19.4 Å². The van der Waals surface area contributed by atoms with Gasteiger partial charge in [0.15, 0.2) is 6.67 Å². The van der Waals surface area contributed by atoms with Gasteiger partial charge in [-0.1, -0.05) is 0 Å². The molecular weight excluding hydrogens is 420 g/mol. The van der Waals surface area contributed by atoms with Crippen molar-refractivity contribution in [3.8, 4) is 0 Å². The van der Waals surface area contributed by atoms with Crippen LogP contribution >= 0.6 is 0 Å². The first kappa shape index (κ1) is 31.6. The zero-order valence-electron chi connectivity index (χ0n) is 16.4. The molecule has 0 atom stereocenters. The summed E-state index contributed by atoms with van der Waals surface area (Å²) in [6.45, 7) is -1.13. The molecule has 0 spiro atoms. The summed E-state index contributed by atoms with van der Waals surface area (Å²) >= 11 is 0. The van der Waals surface area contributed by atoms with Gasteiger partial charge in [0.05, 0.1) is 37.3 Å². The van der Waals surface area contributed by atoms with Gasteiger partial charge in [0.25, 0.3) is 0 Å². The molecule has 0 saturated heterocycles. The van der Waals surface area contributed by atoms with Crippen molar-refractivity contribution >= 4 is 16.3 Å². The largest absolute Gasteiger partial charge is 0.748 e. The molecule has 0 unspecified atom stereocenters. The van der Waals surface area contributed by atoms with Crippen molar-refractivity contribution < 1.29 is 48.6 Å². The minimum atomic E-state index is -4.62. The molecule has 0 aliphatic rings. The van der Waals surface area contributed by atoms with Gasteiger partial charge in [-0.3, -0.25) is 4.90 Å². The van der Waals surface area contributed by atoms with Crippen molar-refractivity contribution in [3.05, 3.63) is 0 Å². The molecule has 0 saturated carbocycles. The predicted molar refractivity (Wildman–Crippen MR) is 91.8 cm³/mol. The van der Waals surface area contributed by atoms with Crippen LogP contribution in [-0.2, 0) is 10.1 Å². The summed E-state index contributed by atoms with van der Waals surface area (Å²) in [4.78, 5) is 11.4. The fourth-order valence-electron chi connectivity index (χ4n) is 1.47. The quantitative estimate of drug-likeness (QED) is 0.145. The van der Waals surface area contributed by atoms with Crippen LogP contribution in [0, 0.1) is 0 Å². The second kappa shape index (κ2) is 15.8. The van der Waals surface area contributed by atoms with Gasteiger partial charge in [-0.25, -0.2) is 22.0 Å². The topological polar surface area (TPSA) is 89.5 Å². The predicted octanol–water partition coefficient (Wildman–Crippen LogP) is 2.06. The number of alkyl halides is 5. The average molecular weight is 449 g/mol. The second-order valence-corrected chi connectivity index (χ2v) is 8.02. The lowest BCUT2D eigenvalue weighted by Crippen LogP contribution is -2.42. The number of rotatable bonds is 9. The van der Waals surface area contributed by atoms with Gasteiger partial charge in [-0.15, -0.1) is 4.39 Å². The van der Waals surface area contributed by atoms with Crippen molar-refractivity contribution in [3.63, 3.8) is 0 Å². The molecule has 7 nitrogen and oxygen atoms in total. The van der Waals surface area contributed by atoms with Crippen LogP contribution in [0.15, 0.2) is 0 Å². The first-order valence-electron chi connectivity index (χ1n) is 7.98. The number of carbonyl (C=O) groups excluding carboxylic acids is 1. The van der Waals surface area contributed by atoms with Gasteiger partial charge in [-0.2, -0.15) is 13.2 Å². The van der Waals surface area contributed by atoms with Crippen molar-refractivity contribution in [1.29, 1.82) is 0 Å². The van der Waals surface area contributed by atoms with E-state index in [-0.39, 0.29) is 19.1 Å². The molecule has 0 aromatic carbocycles. The summed E-state index contributed by atoms with van der Waals surface area (Å²) in [5.74, 6) is -0.365. The van der Waals surface area contributed by atoms with Gasteiger partial charge in [0, 0.05) is 25.1 Å². The molecule has 1 N–H and O–H groups in total. The molecule has 172 valence electrons. The van der Waals surface area contributed by atoms with E-state index >= 15 is 0 Å². The summed E-state index contributed by atoms with van der Waals surface area (Å²) in [7, 11) is 2.98. The number of carbonyl (C=O) groups is 1. The van der Waals surface area contributed by atoms with Crippen LogP contribution in [-0.4, -0.2) is 102 Å². The summed E-state index contributed by atoms with van der Waals surface area (Å²) in [5.41, 5.74) is 0. The lowest BCUT2D eigenvalue weighted by atomic mass is 10.3. The van der Waals surface area contributed by atoms with Gasteiger partial charge in [0.2, 0.25) is 0 Å². The van der Waals surface area contributed by atoms with Crippen LogP contribution in [0.4, 0.5) is 31.1 Å². The van der Waals surface area contributed by atoms with E-state index < -0.39 is 29.1 Å². The number of halogens is 6. The molecule has 0 aliphatic carbocycles. The summed E-state index contributed by atoms with van der Waals surface area (Å²) < 4.78 is 96.2. The Labute approximate surface area is 162 Å². The molecule has 0 aromatic rings. The SMILES string of the molecule is CN(C)CF.C[N+](C)(CCCNC(=O)F)CCCS(=O)(=O)[O-].FCC(F)(F)F. The van der Waals surface area contributed by atoms with E-state index in [2.05, 4.69) is 0 Å². The minimum Gasteiger partial charge on any atom is -0.748 e. The normalized spacial score (nSPS) is 11.9. The Kier molecular flexibility index (Phi) is 17.8. The third kappa shape index (κ3) is 35.9. The first-order chi connectivity index (χ1) is 12.5. The maximum atomic E-state index is 11.8. The highest BCUT2D eigenvalue weighted by Crippen LogP contribution is 2.13. The zero-order valence-corrected chi connectivity index (χ0v) is 17.2. The van der Waals surface area contributed by atoms with E-state index in [4.69, 9.17) is 0 Å². The Balaban J connectivity index is -0.000000464. The highest BCUT2D eigenvalue weighted by atomic mass is 32.2. The summed E-state index contributed by atoms with van der Waals surface area (Å²) in [6.07, 6.45) is -5.28. The van der Waals surface area contributed by atoms with Crippen LogP contribution < -0.4 is 5.32 Å². The molecule has 0 fully saturated rings. The molecule has 0 aromatic heterocycles. The van der Waals surface area contributed by atoms with E-state index in [1.165, 1.54) is 4.90 Å². The molecule has 1 amide bonds. The molecule has 14 heteroatoms. The molecule has 0 heterocycles. The monoisotopic (exact) mass is 449 g/mol. The molecule has 28 heavy (non-hydrogen) atoms. The van der Waals surface area contributed by atoms with E-state index in [9.17, 15) is 44.1 Å². The lowest BCUT2D eigenvalue weighted by Gasteiger charge is -2.30. The van der Waals surface area contributed by atoms with Crippen molar-refractivity contribution in [2.24, 2.45) is 0 Å². The van der Waals surface area contributed by atoms with Gasteiger partial charge in [0.1, 0.15) is 6.80 Å². The van der Waals surface area contributed by atoms with Crippen LogP contribution in [0.5, 0.6) is 0 Å². The van der Waals surface area contributed by atoms with E-state index in [1.54, 1.807) is 14.1 Å². The first-order valence-corrected chi connectivity index (χ1v) is 9.56. The number of amides is 1. The summed E-state index contributed by atoms with van der Waals surface area (Å²) in [5, 5.41) is 2.04. The highest BCUT2D eigenvalue weighted by molar-refractivity contribution is 7.85. The van der Waals surface area contributed by atoms with Crippen LogP contribution in [0.25, 0.3) is 0 Å². The summed E-state index contributed by atoms with van der Waals surface area (Å²) in [6, 6.07) is 0. The standard InChI is InChI=1S/C9H19FN2O4S.C3H8FN.C2H2F4/c1-12(2,6-3-5-11-9(10)13)7-4-8-17(14,15)16;1-5(2)3-4;3-1-2(4,5)6/h3-8H2,1-2H3,(H-,11,13,14,15,16);3H2,1-2H3;1H2. The van der Waals surface area contributed by atoms with E-state index in [0.29, 0.717) is 30.4 Å². The average Bonchev–Trinajstić information content (AvgIpc) is 2.50. The maximum absolute atomic E-state index is 11.8. The maximum Gasteiger partial charge on any atom is 0.416 e. The van der Waals surface area contributed by atoms with Crippen molar-refractivity contribution in [2.75, 3.05) is 67.1 Å². The smallest absolute Gasteiger partial charge is 0.416 e. The van der Waals surface area contributed by atoms with E-state index in [0.717, 1.165) is 0 Å². The fourth-order valence-corrected chi connectivity index (χ4v) is 1.96. The highest BCUT2D eigenvalue weighted by Gasteiger charge is 2.26. The van der Waals surface area contributed by atoms with Gasteiger partial charge < -0.3 is 14.4 Å². The third-order valence-corrected chi connectivity index (χ3v) is 3.54.